The minimum atomic E-state index is 0.490. The average molecular weight is 230 g/mol. The molecule has 1 aromatic rings. The first-order valence-corrected chi connectivity index (χ1v) is 6.30. The molecule has 92 valence electrons. The maximum atomic E-state index is 10.4. The zero-order valence-electron chi connectivity index (χ0n) is 11.2. The molecular weight excluding hydrogens is 208 g/mol. The molecule has 0 fully saturated rings. The molecule has 0 unspecified atom stereocenters. The lowest BCUT2D eigenvalue weighted by Gasteiger charge is -2.17. The summed E-state index contributed by atoms with van der Waals surface area (Å²) in [5.74, 6) is 1.01. The van der Waals surface area contributed by atoms with E-state index in [1.165, 1.54) is 16.7 Å². The van der Waals surface area contributed by atoms with Gasteiger partial charge in [-0.25, -0.2) is 0 Å². The number of allylic oxidation sites excluding steroid dienone is 1. The van der Waals surface area contributed by atoms with Crippen molar-refractivity contribution in [1.82, 2.24) is 0 Å². The molecule has 0 aliphatic heterocycles. The Balaban J connectivity index is 3.23. The van der Waals surface area contributed by atoms with Crippen LogP contribution >= 0.6 is 0 Å². The van der Waals surface area contributed by atoms with Gasteiger partial charge in [-0.05, 0) is 28.5 Å². The van der Waals surface area contributed by atoms with Crippen molar-refractivity contribution in [3.63, 3.8) is 0 Å². The van der Waals surface area contributed by atoms with Gasteiger partial charge in [0.25, 0.3) is 0 Å². The molecule has 0 aliphatic rings. The molecule has 1 nitrogen and oxygen atoms in total. The minimum absolute atomic E-state index is 0.490. The van der Waals surface area contributed by atoms with Gasteiger partial charge in [-0.2, -0.15) is 0 Å². The van der Waals surface area contributed by atoms with E-state index in [2.05, 4.69) is 52.0 Å². The van der Waals surface area contributed by atoms with Gasteiger partial charge in [0.05, 0.1) is 0 Å². The Morgan fingerprint density at radius 3 is 2.00 bits per heavy atom. The van der Waals surface area contributed by atoms with Gasteiger partial charge < -0.3 is 4.79 Å². The first-order valence-electron chi connectivity index (χ1n) is 6.30. The fourth-order valence-electron chi connectivity index (χ4n) is 2.04. The Hall–Kier alpha value is -1.37. The largest absolute Gasteiger partial charge is 0.303 e. The van der Waals surface area contributed by atoms with E-state index >= 15 is 0 Å². The Morgan fingerprint density at radius 2 is 1.59 bits per heavy atom. The van der Waals surface area contributed by atoms with Crippen molar-refractivity contribution in [2.45, 2.75) is 46.0 Å². The van der Waals surface area contributed by atoms with Crippen LogP contribution in [0, 0.1) is 0 Å². The lowest BCUT2D eigenvalue weighted by molar-refractivity contribution is -0.107. The topological polar surface area (TPSA) is 17.1 Å². The Morgan fingerprint density at radius 1 is 1.06 bits per heavy atom. The van der Waals surface area contributed by atoms with Crippen LogP contribution in [0.4, 0.5) is 0 Å². The second-order valence-electron chi connectivity index (χ2n) is 4.96. The maximum absolute atomic E-state index is 10.4. The third-order valence-corrected chi connectivity index (χ3v) is 2.93. The molecule has 0 aliphatic carbocycles. The monoisotopic (exact) mass is 230 g/mol. The van der Waals surface area contributed by atoms with Crippen LogP contribution in [-0.2, 0) is 4.79 Å². The molecule has 0 heterocycles. The van der Waals surface area contributed by atoms with Gasteiger partial charge in [0, 0.05) is 6.42 Å². The Kier molecular flexibility index (Phi) is 5.14. The number of carbonyl (C=O) groups excluding carboxylic acids is 1. The minimum Gasteiger partial charge on any atom is -0.303 e. The molecule has 17 heavy (non-hydrogen) atoms. The van der Waals surface area contributed by atoms with Crippen molar-refractivity contribution in [2.24, 2.45) is 0 Å². The quantitative estimate of drug-likeness (QED) is 0.679. The van der Waals surface area contributed by atoms with Gasteiger partial charge in [0.2, 0.25) is 0 Å². The van der Waals surface area contributed by atoms with Gasteiger partial charge in [0.15, 0.2) is 0 Å². The number of benzene rings is 1. The summed E-state index contributed by atoms with van der Waals surface area (Å²) in [5.41, 5.74) is 4.01. The summed E-state index contributed by atoms with van der Waals surface area (Å²) in [6, 6.07) is 6.48. The lowest BCUT2D eigenvalue weighted by Crippen LogP contribution is -1.99. The highest BCUT2D eigenvalue weighted by atomic mass is 16.1. The SMILES string of the molecule is CC(C)c1cccc(C(C)C)c1C=CCC=O. The fourth-order valence-corrected chi connectivity index (χ4v) is 2.04. The van der Waals surface area contributed by atoms with Crippen molar-refractivity contribution in [3.8, 4) is 0 Å². The summed E-state index contributed by atoms with van der Waals surface area (Å²) in [5, 5.41) is 0. The van der Waals surface area contributed by atoms with Gasteiger partial charge in [-0.1, -0.05) is 58.0 Å². The molecule has 0 saturated carbocycles. The van der Waals surface area contributed by atoms with E-state index < -0.39 is 0 Å². The molecule has 0 atom stereocenters. The highest BCUT2D eigenvalue weighted by Crippen LogP contribution is 2.28. The van der Waals surface area contributed by atoms with Crippen molar-refractivity contribution in [2.75, 3.05) is 0 Å². The normalized spacial score (nSPS) is 11.6. The van der Waals surface area contributed by atoms with Gasteiger partial charge in [-0.15, -0.1) is 0 Å². The Bertz CT molecular complexity index is 374. The van der Waals surface area contributed by atoms with Crippen LogP contribution in [0.3, 0.4) is 0 Å². The zero-order chi connectivity index (χ0) is 12.8. The second kappa shape index (κ2) is 6.39. The van der Waals surface area contributed by atoms with E-state index in [1.54, 1.807) is 0 Å². The summed E-state index contributed by atoms with van der Waals surface area (Å²) in [7, 11) is 0. The third-order valence-electron chi connectivity index (χ3n) is 2.93. The smallest absolute Gasteiger partial charge is 0.123 e. The fraction of sp³-hybridized carbons (Fsp3) is 0.438. The molecule has 1 aromatic carbocycles. The summed E-state index contributed by atoms with van der Waals surface area (Å²) >= 11 is 0. The molecule has 0 N–H and O–H groups in total. The van der Waals surface area contributed by atoms with Crippen molar-refractivity contribution < 1.29 is 4.79 Å². The predicted molar refractivity (Wildman–Crippen MR) is 74.3 cm³/mol. The molecule has 0 radical (unpaired) electrons. The number of aldehydes is 1. The van der Waals surface area contributed by atoms with E-state index in [4.69, 9.17) is 0 Å². The molecule has 1 heteroatoms. The van der Waals surface area contributed by atoms with E-state index in [9.17, 15) is 4.79 Å². The first-order chi connectivity index (χ1) is 8.07. The molecule has 0 bridgehead atoms. The predicted octanol–water partition coefficient (Wildman–Crippen LogP) is 4.54. The maximum Gasteiger partial charge on any atom is 0.123 e. The van der Waals surface area contributed by atoms with Crippen LogP contribution in [0.15, 0.2) is 24.3 Å². The van der Waals surface area contributed by atoms with Crippen molar-refractivity contribution in [3.05, 3.63) is 41.0 Å². The van der Waals surface area contributed by atoms with Crippen LogP contribution in [0.25, 0.3) is 6.08 Å². The zero-order valence-corrected chi connectivity index (χ0v) is 11.2. The number of hydrogen-bond donors (Lipinski definition) is 0. The molecule has 0 saturated heterocycles. The molecule has 0 aromatic heterocycles. The molecule has 0 spiro atoms. The van der Waals surface area contributed by atoms with E-state index in [1.807, 2.05) is 6.08 Å². The summed E-state index contributed by atoms with van der Waals surface area (Å²) in [6.07, 6.45) is 5.46. The molecular formula is C16H22O. The highest BCUT2D eigenvalue weighted by Gasteiger charge is 2.10. The summed E-state index contributed by atoms with van der Waals surface area (Å²) in [4.78, 5) is 10.4. The Labute approximate surface area is 105 Å². The lowest BCUT2D eigenvalue weighted by atomic mass is 9.88. The van der Waals surface area contributed by atoms with E-state index in [-0.39, 0.29) is 0 Å². The molecule has 1 rings (SSSR count). The highest BCUT2D eigenvalue weighted by molar-refractivity contribution is 5.63. The first kappa shape index (κ1) is 13.7. The van der Waals surface area contributed by atoms with Crippen LogP contribution in [0.2, 0.25) is 0 Å². The van der Waals surface area contributed by atoms with Gasteiger partial charge in [-0.3, -0.25) is 0 Å². The number of rotatable bonds is 5. The van der Waals surface area contributed by atoms with Crippen LogP contribution in [0.5, 0.6) is 0 Å². The second-order valence-corrected chi connectivity index (χ2v) is 4.96. The van der Waals surface area contributed by atoms with E-state index in [0.717, 1.165) is 6.29 Å². The van der Waals surface area contributed by atoms with Crippen molar-refractivity contribution >= 4 is 12.4 Å². The number of carbonyl (C=O) groups is 1. The van der Waals surface area contributed by atoms with Crippen LogP contribution < -0.4 is 0 Å². The van der Waals surface area contributed by atoms with Crippen LogP contribution in [-0.4, -0.2) is 6.29 Å². The standard InChI is InChI=1S/C16H22O/c1-12(2)14-9-7-10-15(13(3)4)16(14)8-5-6-11-17/h5,7-13H,6H2,1-4H3. The average Bonchev–Trinajstić information content (AvgIpc) is 2.28. The molecule has 0 amide bonds. The number of hydrogen-bond acceptors (Lipinski definition) is 1. The summed E-state index contributed by atoms with van der Waals surface area (Å²) < 4.78 is 0. The van der Waals surface area contributed by atoms with Crippen LogP contribution in [0.1, 0.15) is 62.6 Å². The van der Waals surface area contributed by atoms with Crippen molar-refractivity contribution in [1.29, 1.82) is 0 Å². The summed E-state index contributed by atoms with van der Waals surface area (Å²) in [6.45, 7) is 8.82. The van der Waals surface area contributed by atoms with E-state index in [0.29, 0.717) is 18.3 Å². The third kappa shape index (κ3) is 3.55. The van der Waals surface area contributed by atoms with Gasteiger partial charge in [0.1, 0.15) is 6.29 Å². The van der Waals surface area contributed by atoms with Gasteiger partial charge >= 0.3 is 0 Å².